The Morgan fingerprint density at radius 1 is 0.611 bits per heavy atom. The second kappa shape index (κ2) is 12.1. The van der Waals surface area contributed by atoms with Gasteiger partial charge < -0.3 is 0 Å². The van der Waals surface area contributed by atoms with E-state index >= 15 is 0 Å². The molecule has 0 rings (SSSR count). The zero-order chi connectivity index (χ0) is 13.8. The molecule has 3 unspecified atom stereocenters. The van der Waals surface area contributed by atoms with Crippen molar-refractivity contribution in [3.8, 4) is 0 Å². The Labute approximate surface area is 117 Å². The number of hydrogen-bond acceptors (Lipinski definition) is 0. The van der Waals surface area contributed by atoms with Gasteiger partial charge in [0.05, 0.1) is 0 Å². The molecule has 0 radical (unpaired) electrons. The molecule has 0 amide bonds. The highest BCUT2D eigenvalue weighted by Crippen LogP contribution is 2.27. The molecule has 0 aromatic heterocycles. The van der Waals surface area contributed by atoms with Crippen LogP contribution in [0.3, 0.4) is 0 Å². The van der Waals surface area contributed by atoms with Crippen LogP contribution < -0.4 is 0 Å². The third-order valence-electron chi connectivity index (χ3n) is 4.33. The summed E-state index contributed by atoms with van der Waals surface area (Å²) in [6, 6.07) is 0. The van der Waals surface area contributed by atoms with Gasteiger partial charge >= 0.3 is 0 Å². The van der Waals surface area contributed by atoms with Gasteiger partial charge in [-0.05, 0) is 24.2 Å². The molecular formula is C18H38. The number of rotatable bonds is 12. The minimum atomic E-state index is 0.942. The fraction of sp³-hybridized carbons (Fsp3) is 1.00. The highest BCUT2D eigenvalue weighted by molar-refractivity contribution is 4.66. The smallest absolute Gasteiger partial charge is 0.0412 e. The maximum absolute atomic E-state index is 2.45. The summed E-state index contributed by atoms with van der Waals surface area (Å²) in [5.74, 6) is 2.89. The molecule has 0 bridgehead atoms. The predicted molar refractivity (Wildman–Crippen MR) is 85.0 cm³/mol. The molecule has 0 aromatic rings. The lowest BCUT2D eigenvalue weighted by Crippen LogP contribution is -2.08. The Bertz CT molecular complexity index is 161. The van der Waals surface area contributed by atoms with Gasteiger partial charge in [-0.3, -0.25) is 0 Å². The summed E-state index contributed by atoms with van der Waals surface area (Å²) in [5.41, 5.74) is 0. The van der Waals surface area contributed by atoms with E-state index in [1.807, 2.05) is 0 Å². The maximum atomic E-state index is 2.45. The summed E-state index contributed by atoms with van der Waals surface area (Å²) in [5, 5.41) is 0. The van der Waals surface area contributed by atoms with E-state index < -0.39 is 0 Å². The first kappa shape index (κ1) is 18.0. The van der Waals surface area contributed by atoms with E-state index in [9.17, 15) is 0 Å². The highest BCUT2D eigenvalue weighted by Gasteiger charge is 2.13. The Balaban J connectivity index is 3.87. The van der Waals surface area contributed by atoms with Gasteiger partial charge in [-0.1, -0.05) is 92.4 Å². The minimum Gasteiger partial charge on any atom is -0.0654 e. The molecule has 0 heteroatoms. The molecule has 18 heavy (non-hydrogen) atoms. The lowest BCUT2D eigenvalue weighted by atomic mass is 9.84. The third kappa shape index (κ3) is 9.97. The Morgan fingerprint density at radius 2 is 1.28 bits per heavy atom. The number of hydrogen-bond donors (Lipinski definition) is 0. The molecule has 0 saturated carbocycles. The summed E-state index contributed by atoms with van der Waals surface area (Å²) < 4.78 is 0. The van der Waals surface area contributed by atoms with E-state index in [1.165, 1.54) is 64.2 Å². The maximum Gasteiger partial charge on any atom is -0.0412 e. The van der Waals surface area contributed by atoms with Crippen LogP contribution in [0.25, 0.3) is 0 Å². The molecule has 0 aliphatic rings. The topological polar surface area (TPSA) is 0 Å². The Morgan fingerprint density at radius 3 is 1.83 bits per heavy atom. The van der Waals surface area contributed by atoms with E-state index in [0.29, 0.717) is 0 Å². The largest absolute Gasteiger partial charge is 0.0654 e. The molecule has 0 heterocycles. The van der Waals surface area contributed by atoms with E-state index in [2.05, 4.69) is 34.6 Å². The van der Waals surface area contributed by atoms with Crippen LogP contribution in [0, 0.1) is 17.8 Å². The minimum absolute atomic E-state index is 0.942. The van der Waals surface area contributed by atoms with Crippen molar-refractivity contribution in [3.05, 3.63) is 0 Å². The molecule has 0 N–H and O–H groups in total. The van der Waals surface area contributed by atoms with Gasteiger partial charge in [0.15, 0.2) is 0 Å². The molecule has 0 fully saturated rings. The SMILES string of the molecule is CCCCC(C)CCC(CCC)CC(C)CCC. The van der Waals surface area contributed by atoms with Crippen LogP contribution in [0.5, 0.6) is 0 Å². The van der Waals surface area contributed by atoms with Crippen LogP contribution in [0.4, 0.5) is 0 Å². The normalized spacial score (nSPS) is 16.5. The van der Waals surface area contributed by atoms with Crippen LogP contribution >= 0.6 is 0 Å². The molecule has 0 saturated heterocycles. The molecule has 0 aliphatic carbocycles. The zero-order valence-corrected chi connectivity index (χ0v) is 13.8. The molecule has 0 spiro atoms. The average molecular weight is 255 g/mol. The van der Waals surface area contributed by atoms with Crippen LogP contribution in [0.2, 0.25) is 0 Å². The first-order valence-electron chi connectivity index (χ1n) is 8.63. The van der Waals surface area contributed by atoms with Crippen molar-refractivity contribution in [3.63, 3.8) is 0 Å². The lowest BCUT2D eigenvalue weighted by molar-refractivity contribution is 0.305. The second-order valence-corrected chi connectivity index (χ2v) is 6.61. The van der Waals surface area contributed by atoms with Crippen LogP contribution in [-0.2, 0) is 0 Å². The van der Waals surface area contributed by atoms with Gasteiger partial charge in [0.2, 0.25) is 0 Å². The molecular weight excluding hydrogens is 216 g/mol. The van der Waals surface area contributed by atoms with Crippen molar-refractivity contribution in [1.29, 1.82) is 0 Å². The molecule has 0 nitrogen and oxygen atoms in total. The summed E-state index contributed by atoms with van der Waals surface area (Å²) >= 11 is 0. The van der Waals surface area contributed by atoms with Gasteiger partial charge in [-0.15, -0.1) is 0 Å². The summed E-state index contributed by atoms with van der Waals surface area (Å²) in [6.45, 7) is 11.9. The van der Waals surface area contributed by atoms with Crippen molar-refractivity contribution < 1.29 is 0 Å². The predicted octanol–water partition coefficient (Wildman–Crippen LogP) is 6.84. The zero-order valence-electron chi connectivity index (χ0n) is 13.8. The fourth-order valence-electron chi connectivity index (χ4n) is 3.19. The first-order chi connectivity index (χ1) is 8.63. The van der Waals surface area contributed by atoms with Gasteiger partial charge in [0.25, 0.3) is 0 Å². The van der Waals surface area contributed by atoms with Crippen molar-refractivity contribution in [2.45, 2.75) is 98.8 Å². The Kier molecular flexibility index (Phi) is 12.1. The average Bonchev–Trinajstić information content (AvgIpc) is 2.34. The van der Waals surface area contributed by atoms with Crippen molar-refractivity contribution in [2.75, 3.05) is 0 Å². The van der Waals surface area contributed by atoms with Gasteiger partial charge in [-0.25, -0.2) is 0 Å². The van der Waals surface area contributed by atoms with Crippen molar-refractivity contribution >= 4 is 0 Å². The molecule has 0 aromatic carbocycles. The monoisotopic (exact) mass is 254 g/mol. The quantitative estimate of drug-likeness (QED) is 0.358. The standard InChI is InChI=1S/C18H38/c1-6-9-12-16(4)13-14-18(11-8-3)15-17(5)10-7-2/h16-18H,6-15H2,1-5H3. The summed E-state index contributed by atoms with van der Waals surface area (Å²) in [4.78, 5) is 0. The first-order valence-corrected chi connectivity index (χ1v) is 8.63. The van der Waals surface area contributed by atoms with Gasteiger partial charge in [0, 0.05) is 0 Å². The third-order valence-corrected chi connectivity index (χ3v) is 4.33. The van der Waals surface area contributed by atoms with E-state index in [0.717, 1.165) is 17.8 Å². The van der Waals surface area contributed by atoms with E-state index in [4.69, 9.17) is 0 Å². The van der Waals surface area contributed by atoms with Crippen LogP contribution in [0.15, 0.2) is 0 Å². The van der Waals surface area contributed by atoms with Crippen LogP contribution in [0.1, 0.15) is 98.8 Å². The summed E-state index contributed by atoms with van der Waals surface area (Å²) in [6.07, 6.45) is 14.2. The van der Waals surface area contributed by atoms with Gasteiger partial charge in [-0.2, -0.15) is 0 Å². The summed E-state index contributed by atoms with van der Waals surface area (Å²) in [7, 11) is 0. The molecule has 110 valence electrons. The molecule has 0 aliphatic heterocycles. The lowest BCUT2D eigenvalue weighted by Gasteiger charge is -2.22. The van der Waals surface area contributed by atoms with Crippen LogP contribution in [-0.4, -0.2) is 0 Å². The second-order valence-electron chi connectivity index (χ2n) is 6.61. The van der Waals surface area contributed by atoms with E-state index in [1.54, 1.807) is 0 Å². The number of unbranched alkanes of at least 4 members (excludes halogenated alkanes) is 1. The van der Waals surface area contributed by atoms with Crippen molar-refractivity contribution in [2.24, 2.45) is 17.8 Å². The Hall–Kier alpha value is 0. The van der Waals surface area contributed by atoms with Gasteiger partial charge in [0.1, 0.15) is 0 Å². The molecule has 3 atom stereocenters. The fourth-order valence-corrected chi connectivity index (χ4v) is 3.19. The highest BCUT2D eigenvalue weighted by atomic mass is 14.2. The van der Waals surface area contributed by atoms with E-state index in [-0.39, 0.29) is 0 Å². The van der Waals surface area contributed by atoms with Crippen molar-refractivity contribution in [1.82, 2.24) is 0 Å².